The Balaban J connectivity index is 2.35. The highest BCUT2D eigenvalue weighted by Gasteiger charge is 2.31. The molecule has 1 aromatic rings. The van der Waals surface area contributed by atoms with E-state index in [1.165, 1.54) is 0 Å². The molecule has 0 fully saturated rings. The van der Waals surface area contributed by atoms with Crippen molar-refractivity contribution in [3.63, 3.8) is 0 Å². The molecule has 0 spiro atoms. The Bertz CT molecular complexity index is 1330. The van der Waals surface area contributed by atoms with Gasteiger partial charge in [0.05, 0.1) is 49.5 Å². The van der Waals surface area contributed by atoms with E-state index in [1.807, 2.05) is 4.90 Å². The fraction of sp³-hybridized carbons (Fsp3) is 0.706. The third-order valence-electron chi connectivity index (χ3n) is 8.85. The molecule has 0 saturated carbocycles. The monoisotopic (exact) mass is 771 g/mol. The molecule has 5 atom stereocenters. The third kappa shape index (κ3) is 18.0. The first-order valence-corrected chi connectivity index (χ1v) is 18.0. The Labute approximate surface area is 313 Å². The lowest BCUT2D eigenvalue weighted by Gasteiger charge is -2.36. The Morgan fingerprint density at radius 3 is 1.54 bits per heavy atom. The second-order valence-corrected chi connectivity index (χ2v) is 13.2. The summed E-state index contributed by atoms with van der Waals surface area (Å²) in [6.45, 7) is -0.834. The second-order valence-electron chi connectivity index (χ2n) is 13.2. The van der Waals surface area contributed by atoms with Crippen molar-refractivity contribution in [2.45, 2.75) is 82.0 Å². The summed E-state index contributed by atoms with van der Waals surface area (Å²) in [5, 5.41) is 83.8. The molecular weight excluding hydrogens is 714 g/mol. The van der Waals surface area contributed by atoms with Gasteiger partial charge in [-0.25, -0.2) is 0 Å². The van der Waals surface area contributed by atoms with Gasteiger partial charge in [0, 0.05) is 78.2 Å². The van der Waals surface area contributed by atoms with E-state index in [2.05, 4.69) is 16.0 Å². The molecule has 20 nitrogen and oxygen atoms in total. The lowest BCUT2D eigenvalue weighted by atomic mass is 10.1. The molecule has 20 heteroatoms. The number of carbonyl (C=O) groups excluding carboxylic acids is 3. The lowest BCUT2D eigenvalue weighted by Crippen LogP contribution is -2.51. The van der Waals surface area contributed by atoms with Crippen LogP contribution in [0.5, 0.6) is 0 Å². The van der Waals surface area contributed by atoms with Crippen LogP contribution in [0.25, 0.3) is 0 Å². The number of nitrogens with one attached hydrogen (secondary N) is 3. The number of nitrogens with zero attached hydrogens (tertiary/aromatic N) is 4. The molecule has 0 saturated heterocycles. The highest BCUT2D eigenvalue weighted by molar-refractivity contribution is 5.79. The number of rotatable bonds is 23. The van der Waals surface area contributed by atoms with E-state index >= 15 is 0 Å². The van der Waals surface area contributed by atoms with Crippen LogP contribution in [-0.4, -0.2) is 193 Å². The molecule has 0 radical (unpaired) electrons. The minimum absolute atomic E-state index is 0.0340. The Hall–Kier alpha value is -3.86. The standard InChI is InChI=1S/C34H57N7O13/c42-20-25(45)15-35-30(48)5-2-10-39-11-12-40(28(33(51)52)6-8-31(49)36-16-26(46)21-43)13-14-41(19-24-4-1-3-23(18-39)38-24)29(34(53)54)7-9-32(50)37-17-27(47)22-44/h1,3-4,25-29,42-47H,2,5-22H2,(H,35,48)(H,36,49)(H,37,50)(H,51,52)(H,53,54)/t25?,26?,27?,28-,29-/m1/s1. The molecule has 0 aromatic carbocycles. The first-order valence-electron chi connectivity index (χ1n) is 18.0. The third-order valence-corrected chi connectivity index (χ3v) is 8.85. The molecular formula is C34H57N7O13. The SMILES string of the molecule is O=C(CCCN1CCN([C@H](CCC(=O)NCC(O)CO)C(=O)O)CCN([C@H](CCC(=O)NCC(O)CO)C(=O)O)Cc2cccc(n2)C1)NCC(O)CO. The highest BCUT2D eigenvalue weighted by atomic mass is 16.4. The van der Waals surface area contributed by atoms with Crippen molar-refractivity contribution in [2.75, 3.05) is 72.2 Å². The van der Waals surface area contributed by atoms with Crippen molar-refractivity contribution < 1.29 is 64.8 Å². The van der Waals surface area contributed by atoms with Gasteiger partial charge in [0.2, 0.25) is 17.7 Å². The molecule has 1 aliphatic rings. The first-order chi connectivity index (χ1) is 25.8. The summed E-state index contributed by atoms with van der Waals surface area (Å²) in [5.74, 6) is -3.81. The van der Waals surface area contributed by atoms with Crippen LogP contribution in [0.4, 0.5) is 0 Å². The second kappa shape index (κ2) is 25.3. The maximum Gasteiger partial charge on any atom is 0.320 e. The van der Waals surface area contributed by atoms with Crippen LogP contribution >= 0.6 is 0 Å². The van der Waals surface area contributed by atoms with E-state index in [4.69, 9.17) is 20.3 Å². The van der Waals surface area contributed by atoms with Crippen molar-refractivity contribution in [3.8, 4) is 0 Å². The van der Waals surface area contributed by atoms with E-state index in [0.717, 1.165) is 0 Å². The Kier molecular flexibility index (Phi) is 21.7. The number of amides is 3. The number of carboxylic acid groups (broad SMARTS) is 2. The predicted octanol–water partition coefficient (Wildman–Crippen LogP) is -4.34. The molecule has 306 valence electrons. The van der Waals surface area contributed by atoms with Crippen LogP contribution in [0.2, 0.25) is 0 Å². The summed E-state index contributed by atoms with van der Waals surface area (Å²) < 4.78 is 0. The summed E-state index contributed by atoms with van der Waals surface area (Å²) in [4.78, 5) is 72.6. The fourth-order valence-corrected chi connectivity index (χ4v) is 5.78. The Morgan fingerprint density at radius 1 is 0.630 bits per heavy atom. The number of hydrogen-bond acceptors (Lipinski definition) is 15. The van der Waals surface area contributed by atoms with Gasteiger partial charge < -0.3 is 56.8 Å². The summed E-state index contributed by atoms with van der Waals surface area (Å²) in [6, 6.07) is 2.93. The van der Waals surface area contributed by atoms with Crippen molar-refractivity contribution in [1.82, 2.24) is 35.6 Å². The average molecular weight is 772 g/mol. The van der Waals surface area contributed by atoms with Crippen LogP contribution in [0.15, 0.2) is 18.2 Å². The fourth-order valence-electron chi connectivity index (χ4n) is 5.78. The number of fused-ring (bicyclic) bond motifs is 2. The van der Waals surface area contributed by atoms with Gasteiger partial charge in [0.25, 0.3) is 0 Å². The number of aliphatic carboxylic acids is 2. The normalized spacial score (nSPS) is 17.5. The van der Waals surface area contributed by atoms with Gasteiger partial charge in [-0.3, -0.25) is 43.7 Å². The summed E-state index contributed by atoms with van der Waals surface area (Å²) in [7, 11) is 0. The molecule has 2 heterocycles. The molecule has 3 unspecified atom stereocenters. The van der Waals surface area contributed by atoms with Gasteiger partial charge in [-0.2, -0.15) is 0 Å². The van der Waals surface area contributed by atoms with Crippen LogP contribution in [0.1, 0.15) is 49.9 Å². The average Bonchev–Trinajstić information content (AvgIpc) is 3.14. The molecule has 2 rings (SSSR count). The predicted molar refractivity (Wildman–Crippen MR) is 190 cm³/mol. The number of pyridine rings is 1. The zero-order valence-corrected chi connectivity index (χ0v) is 30.5. The zero-order chi connectivity index (χ0) is 40.0. The molecule has 1 aliphatic heterocycles. The van der Waals surface area contributed by atoms with Gasteiger partial charge in [-0.15, -0.1) is 0 Å². The molecule has 11 N–H and O–H groups in total. The zero-order valence-electron chi connectivity index (χ0n) is 30.5. The van der Waals surface area contributed by atoms with Gasteiger partial charge in [0.1, 0.15) is 12.1 Å². The Morgan fingerprint density at radius 2 is 1.06 bits per heavy atom. The number of carbonyl (C=O) groups is 5. The summed E-state index contributed by atoms with van der Waals surface area (Å²) in [5.41, 5.74) is 1.17. The number of aliphatic hydroxyl groups excluding tert-OH is 6. The van der Waals surface area contributed by atoms with Gasteiger partial charge in [-0.05, 0) is 37.9 Å². The van der Waals surface area contributed by atoms with Crippen LogP contribution in [0, 0.1) is 0 Å². The molecule has 1 aromatic heterocycles. The number of aromatic nitrogens is 1. The van der Waals surface area contributed by atoms with E-state index in [9.17, 15) is 49.5 Å². The summed E-state index contributed by atoms with van der Waals surface area (Å²) >= 11 is 0. The molecule has 0 aliphatic carbocycles. The van der Waals surface area contributed by atoms with E-state index in [-0.39, 0.29) is 83.8 Å². The minimum Gasteiger partial charge on any atom is -0.480 e. The van der Waals surface area contributed by atoms with Gasteiger partial charge >= 0.3 is 11.9 Å². The highest BCUT2D eigenvalue weighted by Crippen LogP contribution is 2.17. The van der Waals surface area contributed by atoms with E-state index in [0.29, 0.717) is 37.4 Å². The first kappa shape index (κ1) is 46.3. The van der Waals surface area contributed by atoms with Crippen LogP contribution in [0.3, 0.4) is 0 Å². The number of hydrogen-bond donors (Lipinski definition) is 11. The number of aliphatic hydroxyl groups is 6. The molecule has 3 amide bonds. The lowest BCUT2D eigenvalue weighted by molar-refractivity contribution is -0.146. The van der Waals surface area contributed by atoms with E-state index in [1.54, 1.807) is 28.0 Å². The van der Waals surface area contributed by atoms with Crippen molar-refractivity contribution in [2.24, 2.45) is 0 Å². The van der Waals surface area contributed by atoms with Crippen molar-refractivity contribution >= 4 is 29.7 Å². The van der Waals surface area contributed by atoms with Crippen LogP contribution < -0.4 is 16.0 Å². The molecule has 2 bridgehead atoms. The maximum atomic E-state index is 12.7. The minimum atomic E-state index is -1.22. The quantitative estimate of drug-likeness (QED) is 0.0501. The van der Waals surface area contributed by atoms with E-state index < -0.39 is 74.0 Å². The smallest absolute Gasteiger partial charge is 0.320 e. The largest absolute Gasteiger partial charge is 0.480 e. The van der Waals surface area contributed by atoms with Crippen LogP contribution in [-0.2, 0) is 37.1 Å². The topological polar surface area (TPSA) is 306 Å². The number of carboxylic acids is 2. The maximum absolute atomic E-state index is 12.7. The van der Waals surface area contributed by atoms with Gasteiger partial charge in [-0.1, -0.05) is 6.07 Å². The summed E-state index contributed by atoms with van der Waals surface area (Å²) in [6.07, 6.45) is -3.58. The molecule has 54 heavy (non-hydrogen) atoms. The van der Waals surface area contributed by atoms with Crippen molar-refractivity contribution in [3.05, 3.63) is 29.6 Å². The van der Waals surface area contributed by atoms with Gasteiger partial charge in [0.15, 0.2) is 0 Å². The van der Waals surface area contributed by atoms with Crippen molar-refractivity contribution in [1.29, 1.82) is 0 Å².